The molecule has 0 bridgehead atoms. The number of hydrogen-bond donors (Lipinski definition) is 1. The van der Waals surface area contributed by atoms with Gasteiger partial charge in [-0.05, 0) is 30.7 Å². The van der Waals surface area contributed by atoms with Gasteiger partial charge in [0.15, 0.2) is 0 Å². The van der Waals surface area contributed by atoms with Crippen molar-refractivity contribution in [3.05, 3.63) is 54.1 Å². The lowest BCUT2D eigenvalue weighted by Gasteiger charge is -2.29. The fourth-order valence-electron chi connectivity index (χ4n) is 3.15. The average Bonchev–Trinajstić information content (AvgIpc) is 3.40. The standard InChI is InChI=1S/C20H14Cl3F6N3O3S/c1-8-3-13(36-15(8)16(33)32(2)17(34)30-7-19(24,25)26)12-6-18(35-31-12,20(27,28)29)9-4-10(21)14(23)11(22)5-9/h3-5H,6-7H2,1-2H3,(H,30,34)/i2D. The van der Waals surface area contributed by atoms with Crippen LogP contribution in [0.3, 0.4) is 0 Å². The molecule has 1 aromatic carbocycles. The molecular weight excluding hydrogens is 583 g/mol. The molecule has 2 heterocycles. The second-order valence-corrected chi connectivity index (χ2v) is 9.76. The molecule has 0 saturated heterocycles. The Morgan fingerprint density at radius 2 is 1.81 bits per heavy atom. The fourth-order valence-corrected chi connectivity index (χ4v) is 4.84. The van der Waals surface area contributed by atoms with E-state index in [1.54, 1.807) is 0 Å². The van der Waals surface area contributed by atoms with Gasteiger partial charge in [-0.2, -0.15) is 26.3 Å². The van der Waals surface area contributed by atoms with Gasteiger partial charge in [-0.25, -0.2) is 4.79 Å². The molecule has 3 amide bonds. The van der Waals surface area contributed by atoms with Crippen LogP contribution in [0, 0.1) is 6.92 Å². The summed E-state index contributed by atoms with van der Waals surface area (Å²) in [4.78, 5) is 29.8. The minimum absolute atomic E-state index is 0.0683. The number of nitrogens with one attached hydrogen (secondary N) is 1. The summed E-state index contributed by atoms with van der Waals surface area (Å²) in [7, 11) is -1.01. The second kappa shape index (κ2) is 9.92. The van der Waals surface area contributed by atoms with Gasteiger partial charge in [0.2, 0.25) is 0 Å². The van der Waals surface area contributed by atoms with E-state index in [-0.39, 0.29) is 41.0 Å². The van der Waals surface area contributed by atoms with Gasteiger partial charge in [-0.15, -0.1) is 11.3 Å². The van der Waals surface area contributed by atoms with E-state index in [2.05, 4.69) is 5.16 Å². The average molecular weight is 598 g/mol. The van der Waals surface area contributed by atoms with Crippen LogP contribution < -0.4 is 5.32 Å². The van der Waals surface area contributed by atoms with Crippen LogP contribution in [-0.2, 0) is 10.4 Å². The maximum Gasteiger partial charge on any atom is 0.435 e. The highest BCUT2D eigenvalue weighted by Gasteiger charge is 2.62. The lowest BCUT2D eigenvalue weighted by Crippen LogP contribution is -2.44. The smallest absolute Gasteiger partial charge is 0.374 e. The summed E-state index contributed by atoms with van der Waals surface area (Å²) in [5.74, 6) is -1.11. The van der Waals surface area contributed by atoms with Gasteiger partial charge in [0.05, 0.1) is 31.2 Å². The van der Waals surface area contributed by atoms with Gasteiger partial charge >= 0.3 is 18.4 Å². The van der Waals surface area contributed by atoms with Crippen LogP contribution >= 0.6 is 46.1 Å². The number of carbonyl (C=O) groups is 2. The SMILES string of the molecule is [2H]CN(C(=O)NCC(F)(F)F)C(=O)c1sc(C2=NOC(c3cc(Cl)c(Cl)c(Cl)c3)(C(F)(F)F)C2)cc1C. The molecule has 1 N–H and O–H groups in total. The summed E-state index contributed by atoms with van der Waals surface area (Å²) in [6, 6.07) is 1.74. The molecule has 0 aliphatic carbocycles. The van der Waals surface area contributed by atoms with Gasteiger partial charge < -0.3 is 10.2 Å². The molecule has 1 aliphatic rings. The Hall–Kier alpha value is -2.22. The Bertz CT molecular complexity index is 1250. The number of hydrogen-bond acceptors (Lipinski definition) is 5. The highest BCUT2D eigenvalue weighted by Crippen LogP contribution is 2.51. The first-order valence-electron chi connectivity index (χ1n) is 10.2. The molecule has 36 heavy (non-hydrogen) atoms. The van der Waals surface area contributed by atoms with Gasteiger partial charge in [0.25, 0.3) is 11.5 Å². The van der Waals surface area contributed by atoms with E-state index in [1.807, 2.05) is 0 Å². The minimum atomic E-state index is -5.00. The summed E-state index contributed by atoms with van der Waals surface area (Å²) in [6.45, 7) is -0.328. The van der Waals surface area contributed by atoms with Crippen molar-refractivity contribution in [2.75, 3.05) is 13.6 Å². The third-order valence-electron chi connectivity index (χ3n) is 4.96. The lowest BCUT2D eigenvalue weighted by molar-refractivity contribution is -0.275. The third-order valence-corrected chi connectivity index (χ3v) is 7.43. The highest BCUT2D eigenvalue weighted by molar-refractivity contribution is 7.16. The molecule has 1 atom stereocenters. The molecule has 6 nitrogen and oxygen atoms in total. The molecule has 1 unspecified atom stereocenters. The number of amides is 3. The van der Waals surface area contributed by atoms with Crippen LogP contribution in [0.1, 0.15) is 33.5 Å². The van der Waals surface area contributed by atoms with Gasteiger partial charge in [-0.3, -0.25) is 9.69 Å². The van der Waals surface area contributed by atoms with Crippen LogP contribution in [0.15, 0.2) is 23.4 Å². The molecule has 1 aliphatic heterocycles. The fraction of sp³-hybridized carbons (Fsp3) is 0.350. The number of thiophene rings is 1. The van der Waals surface area contributed by atoms with Crippen LogP contribution in [0.2, 0.25) is 15.1 Å². The predicted octanol–water partition coefficient (Wildman–Crippen LogP) is 6.94. The zero-order chi connectivity index (χ0) is 27.9. The molecule has 0 fully saturated rings. The Labute approximate surface area is 220 Å². The Balaban J connectivity index is 1.90. The van der Waals surface area contributed by atoms with Crippen molar-refractivity contribution in [2.24, 2.45) is 5.16 Å². The maximum absolute atomic E-state index is 14.2. The molecule has 196 valence electrons. The lowest BCUT2D eigenvalue weighted by atomic mass is 9.88. The van der Waals surface area contributed by atoms with Crippen molar-refractivity contribution in [1.82, 2.24) is 10.2 Å². The maximum atomic E-state index is 14.2. The van der Waals surface area contributed by atoms with E-state index in [9.17, 15) is 35.9 Å². The van der Waals surface area contributed by atoms with Crippen LogP contribution in [0.4, 0.5) is 31.1 Å². The van der Waals surface area contributed by atoms with Crippen molar-refractivity contribution in [3.63, 3.8) is 0 Å². The van der Waals surface area contributed by atoms with Crippen LogP contribution in [0.5, 0.6) is 0 Å². The minimum Gasteiger partial charge on any atom is -0.374 e. The number of rotatable bonds is 4. The molecule has 0 spiro atoms. The number of benzene rings is 1. The van der Waals surface area contributed by atoms with Crippen LogP contribution in [0.25, 0.3) is 0 Å². The molecule has 0 saturated carbocycles. The number of imide groups is 1. The first-order chi connectivity index (χ1) is 17.0. The third kappa shape index (κ3) is 5.53. The van der Waals surface area contributed by atoms with Crippen molar-refractivity contribution in [3.8, 4) is 0 Å². The van der Waals surface area contributed by atoms with Gasteiger partial charge in [0, 0.05) is 14.0 Å². The van der Waals surface area contributed by atoms with Gasteiger partial charge in [-0.1, -0.05) is 40.0 Å². The molecule has 3 rings (SSSR count). The number of urea groups is 1. The number of nitrogens with zero attached hydrogens (tertiary/aromatic N) is 2. The monoisotopic (exact) mass is 596 g/mol. The topological polar surface area (TPSA) is 71.0 Å². The van der Waals surface area contributed by atoms with E-state index in [4.69, 9.17) is 41.0 Å². The van der Waals surface area contributed by atoms with E-state index >= 15 is 0 Å². The Morgan fingerprint density at radius 3 is 2.33 bits per heavy atom. The number of alkyl halides is 6. The van der Waals surface area contributed by atoms with Crippen molar-refractivity contribution < 1.29 is 42.1 Å². The zero-order valence-electron chi connectivity index (χ0n) is 18.8. The molecule has 1 aromatic heterocycles. The largest absolute Gasteiger partial charge is 0.435 e. The first-order valence-corrected chi connectivity index (χ1v) is 11.5. The van der Waals surface area contributed by atoms with Crippen LogP contribution in [-0.4, -0.2) is 48.5 Å². The number of halogens is 9. The van der Waals surface area contributed by atoms with Crippen molar-refractivity contribution >= 4 is 63.8 Å². The quantitative estimate of drug-likeness (QED) is 0.307. The van der Waals surface area contributed by atoms with E-state index < -0.39 is 55.4 Å². The summed E-state index contributed by atoms with van der Waals surface area (Å²) < 4.78 is 87.3. The van der Waals surface area contributed by atoms with E-state index in [1.165, 1.54) is 18.3 Å². The van der Waals surface area contributed by atoms with E-state index in [0.29, 0.717) is 11.3 Å². The zero-order valence-corrected chi connectivity index (χ0v) is 20.9. The first kappa shape index (κ1) is 26.8. The Kier molecular flexibility index (Phi) is 7.39. The molecule has 0 radical (unpaired) electrons. The van der Waals surface area contributed by atoms with Gasteiger partial charge in [0.1, 0.15) is 12.3 Å². The van der Waals surface area contributed by atoms with Crippen molar-refractivity contribution in [2.45, 2.75) is 31.3 Å². The number of oxime groups is 1. The summed E-state index contributed by atoms with van der Waals surface area (Å²) in [5, 5.41) is 4.42. The number of aryl methyl sites for hydroxylation is 1. The predicted molar refractivity (Wildman–Crippen MR) is 122 cm³/mol. The normalized spacial score (nSPS) is 18.4. The molecular formula is C20H14Cl3F6N3O3S. The number of carbonyl (C=O) groups excluding carboxylic acids is 2. The molecule has 2 aromatic rings. The summed E-state index contributed by atoms with van der Waals surface area (Å²) in [6.07, 6.45) is -10.6. The molecule has 16 heteroatoms. The summed E-state index contributed by atoms with van der Waals surface area (Å²) >= 11 is 18.3. The van der Waals surface area contributed by atoms with Crippen molar-refractivity contribution in [1.29, 1.82) is 0 Å². The van der Waals surface area contributed by atoms with E-state index in [0.717, 1.165) is 12.1 Å². The Morgan fingerprint density at radius 1 is 1.19 bits per heavy atom. The second-order valence-electron chi connectivity index (χ2n) is 7.51. The summed E-state index contributed by atoms with van der Waals surface area (Å²) in [5.41, 5.74) is -3.46. The highest BCUT2D eigenvalue weighted by atomic mass is 35.5.